The number of aliphatic hydroxyl groups excluding tert-OH is 5. The summed E-state index contributed by atoms with van der Waals surface area (Å²) in [4.78, 5) is 33.0. The van der Waals surface area contributed by atoms with E-state index in [1.54, 1.807) is 38.1 Å². The Balaban J connectivity index is 0.000000546. The first-order valence-corrected chi connectivity index (χ1v) is 8.46. The van der Waals surface area contributed by atoms with Crippen molar-refractivity contribution in [1.29, 1.82) is 0 Å². The first-order valence-electron chi connectivity index (χ1n) is 8.46. The number of esters is 2. The number of ether oxygens (including phenoxy) is 2. The fraction of sp³-hybridized carbons (Fsp3) is 0.500. The van der Waals surface area contributed by atoms with Gasteiger partial charge in [0.2, 0.25) is 0 Å². The largest absolute Gasteiger partial charge is 0.462 e. The fourth-order valence-corrected chi connectivity index (χ4v) is 1.87. The van der Waals surface area contributed by atoms with Gasteiger partial charge in [-0.2, -0.15) is 0 Å². The fourth-order valence-electron chi connectivity index (χ4n) is 1.87. The molecule has 4 atom stereocenters. The van der Waals surface area contributed by atoms with Crippen molar-refractivity contribution in [2.75, 3.05) is 19.8 Å². The molecule has 1 aromatic carbocycles. The molecule has 5 N–H and O–H groups in total. The molecule has 0 saturated carbocycles. The third-order valence-electron chi connectivity index (χ3n) is 3.34. The van der Waals surface area contributed by atoms with Crippen LogP contribution in [0.2, 0.25) is 0 Å². The Morgan fingerprint density at radius 1 is 0.929 bits per heavy atom. The third kappa shape index (κ3) is 8.11. The van der Waals surface area contributed by atoms with E-state index in [4.69, 9.17) is 35.0 Å². The first kappa shape index (κ1) is 25.6. The second kappa shape index (κ2) is 13.7. The highest BCUT2D eigenvalue weighted by Gasteiger charge is 2.29. The van der Waals surface area contributed by atoms with E-state index in [0.29, 0.717) is 0 Å². The van der Waals surface area contributed by atoms with Crippen molar-refractivity contribution >= 4 is 18.2 Å². The highest BCUT2D eigenvalue weighted by Crippen LogP contribution is 2.11. The number of hydrogen-bond acceptors (Lipinski definition) is 10. The Kier molecular flexibility index (Phi) is 12.6. The number of benzene rings is 1. The van der Waals surface area contributed by atoms with E-state index in [1.165, 1.54) is 0 Å². The molecule has 0 radical (unpaired) electrons. The van der Waals surface area contributed by atoms with E-state index in [9.17, 15) is 14.4 Å². The molecule has 1 rings (SSSR count). The number of aliphatic hydroxyl groups is 5. The summed E-state index contributed by atoms with van der Waals surface area (Å²) in [6.45, 7) is 3.21. The minimum Gasteiger partial charge on any atom is -0.462 e. The van der Waals surface area contributed by atoms with Crippen LogP contribution in [0.4, 0.5) is 0 Å². The van der Waals surface area contributed by atoms with Gasteiger partial charge in [-0.1, -0.05) is 12.1 Å². The van der Waals surface area contributed by atoms with Crippen molar-refractivity contribution in [1.82, 2.24) is 0 Å². The van der Waals surface area contributed by atoms with E-state index >= 15 is 0 Å². The quantitative estimate of drug-likeness (QED) is 0.246. The number of carbonyl (C=O) groups is 3. The standard InChI is InChI=1S/C12H14O4.C6H12O6/c1-3-15-11(13)9-7-5-6-8-10(9)12(14)16-4-2;7-1-3(9)5(11)6(12)4(10)2-8/h5-8H,3-4H2,1-2H3;1,3-6,8-12H,2H2. The van der Waals surface area contributed by atoms with Crippen LogP contribution in [0.15, 0.2) is 24.3 Å². The van der Waals surface area contributed by atoms with Gasteiger partial charge < -0.3 is 39.8 Å². The van der Waals surface area contributed by atoms with Gasteiger partial charge in [-0.25, -0.2) is 9.59 Å². The number of aldehydes is 1. The topological polar surface area (TPSA) is 171 Å². The molecular weight excluding hydrogens is 376 g/mol. The van der Waals surface area contributed by atoms with Crippen molar-refractivity contribution < 1.29 is 49.4 Å². The maximum atomic E-state index is 11.5. The molecule has 0 aliphatic heterocycles. The molecule has 0 aliphatic rings. The molecule has 0 heterocycles. The van der Waals surface area contributed by atoms with Crippen molar-refractivity contribution in [2.45, 2.75) is 38.3 Å². The van der Waals surface area contributed by atoms with Crippen LogP contribution in [0.5, 0.6) is 0 Å². The molecule has 0 bridgehead atoms. The zero-order valence-corrected chi connectivity index (χ0v) is 15.6. The Morgan fingerprint density at radius 3 is 1.68 bits per heavy atom. The van der Waals surface area contributed by atoms with Crippen LogP contribution in [0.3, 0.4) is 0 Å². The lowest BCUT2D eigenvalue weighted by Crippen LogP contribution is -2.46. The summed E-state index contributed by atoms with van der Waals surface area (Å²) in [5, 5.41) is 43.5. The molecule has 0 aliphatic carbocycles. The number of carbonyl (C=O) groups excluding carboxylic acids is 3. The summed E-state index contributed by atoms with van der Waals surface area (Å²) in [5.41, 5.74) is 0.477. The summed E-state index contributed by atoms with van der Waals surface area (Å²) in [6.07, 6.45) is -6.84. The van der Waals surface area contributed by atoms with Gasteiger partial charge in [-0.3, -0.25) is 0 Å². The van der Waals surface area contributed by atoms with Crippen LogP contribution in [0.25, 0.3) is 0 Å². The van der Waals surface area contributed by atoms with Gasteiger partial charge >= 0.3 is 11.9 Å². The van der Waals surface area contributed by atoms with Crippen LogP contribution in [-0.2, 0) is 14.3 Å². The second-order valence-electron chi connectivity index (χ2n) is 5.34. The maximum absolute atomic E-state index is 11.5. The minimum absolute atomic E-state index is 0.0258. The van der Waals surface area contributed by atoms with Crippen LogP contribution in [-0.4, -0.2) is 88.0 Å². The van der Waals surface area contributed by atoms with Crippen molar-refractivity contribution in [3.05, 3.63) is 35.4 Å². The average molecular weight is 402 g/mol. The monoisotopic (exact) mass is 402 g/mol. The Bertz CT molecular complexity index is 581. The molecule has 0 aromatic heterocycles. The van der Waals surface area contributed by atoms with Crippen LogP contribution in [0.1, 0.15) is 34.6 Å². The molecule has 0 amide bonds. The number of hydrogen-bond donors (Lipinski definition) is 5. The molecule has 4 unspecified atom stereocenters. The van der Waals surface area contributed by atoms with Gasteiger partial charge in [0, 0.05) is 0 Å². The molecule has 10 heteroatoms. The zero-order chi connectivity index (χ0) is 21.7. The van der Waals surface area contributed by atoms with E-state index in [1.807, 2.05) is 0 Å². The SMILES string of the molecule is CCOC(=O)c1ccccc1C(=O)OCC.O=CC(O)C(O)C(O)C(O)CO. The van der Waals surface area contributed by atoms with Gasteiger partial charge in [-0.05, 0) is 26.0 Å². The normalized spacial score (nSPS) is 14.5. The van der Waals surface area contributed by atoms with Gasteiger partial charge in [0.25, 0.3) is 0 Å². The third-order valence-corrected chi connectivity index (χ3v) is 3.34. The summed E-state index contributed by atoms with van der Waals surface area (Å²) in [5.74, 6) is -1.02. The summed E-state index contributed by atoms with van der Waals surface area (Å²) < 4.78 is 9.70. The molecule has 10 nitrogen and oxygen atoms in total. The van der Waals surface area contributed by atoms with Crippen molar-refractivity contribution in [3.63, 3.8) is 0 Å². The van der Waals surface area contributed by atoms with Crippen LogP contribution in [0, 0.1) is 0 Å². The lowest BCUT2D eigenvalue weighted by atomic mass is 10.0. The van der Waals surface area contributed by atoms with E-state index < -0.39 is 43.0 Å². The van der Waals surface area contributed by atoms with Crippen molar-refractivity contribution in [2.24, 2.45) is 0 Å². The van der Waals surface area contributed by atoms with Crippen LogP contribution >= 0.6 is 0 Å². The molecule has 28 heavy (non-hydrogen) atoms. The lowest BCUT2D eigenvalue weighted by molar-refractivity contribution is -0.136. The molecule has 158 valence electrons. The summed E-state index contributed by atoms with van der Waals surface area (Å²) >= 11 is 0. The predicted molar refractivity (Wildman–Crippen MR) is 95.5 cm³/mol. The van der Waals surface area contributed by atoms with E-state index in [2.05, 4.69) is 0 Å². The summed E-state index contributed by atoms with van der Waals surface area (Å²) in [6, 6.07) is 6.44. The maximum Gasteiger partial charge on any atom is 0.338 e. The summed E-state index contributed by atoms with van der Waals surface area (Å²) in [7, 11) is 0. The molecular formula is C18H26O10. The first-order chi connectivity index (χ1) is 13.2. The Hall–Kier alpha value is -2.37. The number of rotatable bonds is 9. The van der Waals surface area contributed by atoms with E-state index in [0.717, 1.165) is 0 Å². The van der Waals surface area contributed by atoms with Gasteiger partial charge in [0.15, 0.2) is 6.29 Å². The molecule has 0 spiro atoms. The highest BCUT2D eigenvalue weighted by molar-refractivity contribution is 6.03. The Morgan fingerprint density at radius 2 is 1.36 bits per heavy atom. The molecule has 0 saturated heterocycles. The lowest BCUT2D eigenvalue weighted by Gasteiger charge is -2.22. The van der Waals surface area contributed by atoms with Crippen molar-refractivity contribution in [3.8, 4) is 0 Å². The van der Waals surface area contributed by atoms with Gasteiger partial charge in [-0.15, -0.1) is 0 Å². The highest BCUT2D eigenvalue weighted by atomic mass is 16.5. The smallest absolute Gasteiger partial charge is 0.338 e. The van der Waals surface area contributed by atoms with Crippen LogP contribution < -0.4 is 0 Å². The van der Waals surface area contributed by atoms with E-state index in [-0.39, 0.29) is 30.6 Å². The zero-order valence-electron chi connectivity index (χ0n) is 15.6. The Labute approximate surface area is 161 Å². The average Bonchev–Trinajstić information content (AvgIpc) is 2.72. The van der Waals surface area contributed by atoms with Gasteiger partial charge in [0.05, 0.1) is 30.9 Å². The molecule has 1 aromatic rings. The molecule has 0 fully saturated rings. The second-order valence-corrected chi connectivity index (χ2v) is 5.34. The minimum atomic E-state index is -1.79. The van der Waals surface area contributed by atoms with Gasteiger partial charge in [0.1, 0.15) is 24.4 Å². The predicted octanol–water partition coefficient (Wildman–Crippen LogP) is -1.34.